The van der Waals surface area contributed by atoms with Crippen LogP contribution >= 0.6 is 11.8 Å². The molecule has 25 heavy (non-hydrogen) atoms. The van der Waals surface area contributed by atoms with Gasteiger partial charge in [0.1, 0.15) is 0 Å². The maximum absolute atomic E-state index is 11.5. The Hall–Kier alpha value is -2.38. The first kappa shape index (κ1) is 17.4. The first-order valence-corrected chi connectivity index (χ1v) is 10.4. The molecular formula is C18H16N2O3S2. The van der Waals surface area contributed by atoms with Crippen LogP contribution in [0.2, 0.25) is 0 Å². The molecule has 0 unspecified atom stereocenters. The van der Waals surface area contributed by atoms with Crippen LogP contribution in [0.1, 0.15) is 5.56 Å². The van der Waals surface area contributed by atoms with Gasteiger partial charge < -0.3 is 4.42 Å². The number of nitrogens with zero attached hydrogens (tertiary/aromatic N) is 2. The third-order valence-corrected chi connectivity index (χ3v) is 5.25. The molecule has 0 aliphatic rings. The van der Waals surface area contributed by atoms with Crippen molar-refractivity contribution in [2.24, 2.45) is 0 Å². The lowest BCUT2D eigenvalue weighted by molar-refractivity contribution is 0.466. The monoisotopic (exact) mass is 372 g/mol. The first-order chi connectivity index (χ1) is 12.0. The summed E-state index contributed by atoms with van der Waals surface area (Å²) in [5.74, 6) is 1.08. The third-order valence-electron chi connectivity index (χ3n) is 3.35. The van der Waals surface area contributed by atoms with E-state index in [1.165, 1.54) is 30.2 Å². The van der Waals surface area contributed by atoms with Crippen molar-refractivity contribution in [3.05, 3.63) is 66.2 Å². The van der Waals surface area contributed by atoms with Gasteiger partial charge in [-0.15, -0.1) is 10.2 Å². The van der Waals surface area contributed by atoms with Crippen molar-refractivity contribution < 1.29 is 12.8 Å². The third kappa shape index (κ3) is 4.80. The summed E-state index contributed by atoms with van der Waals surface area (Å²) in [5.41, 5.74) is 1.83. The van der Waals surface area contributed by atoms with E-state index in [-0.39, 0.29) is 4.90 Å². The normalized spacial score (nSPS) is 11.9. The van der Waals surface area contributed by atoms with Gasteiger partial charge in [-0.2, -0.15) is 0 Å². The molecule has 0 N–H and O–H groups in total. The van der Waals surface area contributed by atoms with Crippen LogP contribution in [0.5, 0.6) is 0 Å². The van der Waals surface area contributed by atoms with E-state index in [9.17, 15) is 8.42 Å². The largest absolute Gasteiger partial charge is 0.411 e. The molecule has 0 aliphatic heterocycles. The lowest BCUT2D eigenvalue weighted by Crippen LogP contribution is -1.96. The van der Waals surface area contributed by atoms with Crippen molar-refractivity contribution in [3.63, 3.8) is 0 Å². The standard InChI is InChI=1S/C18H16N2O3S2/c1-25(21,22)16-11-9-15(10-12-16)17-19-20-18(23-17)24-13-5-8-14-6-3-2-4-7-14/h2-12H,13H2,1H3/b8-5+. The number of hydrogen-bond acceptors (Lipinski definition) is 6. The first-order valence-electron chi connectivity index (χ1n) is 7.51. The number of rotatable bonds is 6. The highest BCUT2D eigenvalue weighted by Gasteiger charge is 2.11. The van der Waals surface area contributed by atoms with Crippen molar-refractivity contribution in [1.82, 2.24) is 10.2 Å². The molecule has 2 aromatic carbocycles. The topological polar surface area (TPSA) is 73.1 Å². The van der Waals surface area contributed by atoms with Gasteiger partial charge in [-0.3, -0.25) is 0 Å². The molecule has 0 aliphatic carbocycles. The molecule has 0 radical (unpaired) electrons. The minimum absolute atomic E-state index is 0.261. The lowest BCUT2D eigenvalue weighted by atomic mass is 10.2. The highest BCUT2D eigenvalue weighted by Crippen LogP contribution is 2.24. The van der Waals surface area contributed by atoms with Crippen LogP contribution in [0.25, 0.3) is 17.5 Å². The van der Waals surface area contributed by atoms with E-state index in [1.54, 1.807) is 12.1 Å². The van der Waals surface area contributed by atoms with Crippen LogP contribution in [0.3, 0.4) is 0 Å². The minimum Gasteiger partial charge on any atom is -0.411 e. The average Bonchev–Trinajstić information content (AvgIpc) is 3.08. The number of aromatic nitrogens is 2. The fourth-order valence-electron chi connectivity index (χ4n) is 2.10. The van der Waals surface area contributed by atoms with Gasteiger partial charge in [-0.1, -0.05) is 54.2 Å². The summed E-state index contributed by atoms with van der Waals surface area (Å²) < 4.78 is 28.6. The molecule has 0 spiro atoms. The fourth-order valence-corrected chi connectivity index (χ4v) is 3.30. The number of thioether (sulfide) groups is 1. The maximum atomic E-state index is 11.5. The zero-order valence-corrected chi connectivity index (χ0v) is 15.1. The molecule has 1 heterocycles. The van der Waals surface area contributed by atoms with E-state index in [4.69, 9.17) is 4.42 Å². The van der Waals surface area contributed by atoms with E-state index in [0.717, 1.165) is 5.56 Å². The van der Waals surface area contributed by atoms with E-state index in [0.29, 0.717) is 22.4 Å². The SMILES string of the molecule is CS(=O)(=O)c1ccc(-c2nnc(SC/C=C/c3ccccc3)o2)cc1. The summed E-state index contributed by atoms with van der Waals surface area (Å²) in [6.07, 6.45) is 5.24. The van der Waals surface area contributed by atoms with Gasteiger partial charge in [0, 0.05) is 17.6 Å². The molecule has 3 rings (SSSR count). The van der Waals surface area contributed by atoms with Crippen LogP contribution < -0.4 is 0 Å². The van der Waals surface area contributed by atoms with Gasteiger partial charge in [0.2, 0.25) is 5.89 Å². The summed E-state index contributed by atoms with van der Waals surface area (Å²) in [6.45, 7) is 0. The van der Waals surface area contributed by atoms with Crippen molar-refractivity contribution in [3.8, 4) is 11.5 Å². The smallest absolute Gasteiger partial charge is 0.277 e. The summed E-state index contributed by atoms with van der Waals surface area (Å²) >= 11 is 1.44. The summed E-state index contributed by atoms with van der Waals surface area (Å²) in [7, 11) is -3.21. The second-order valence-corrected chi connectivity index (χ2v) is 8.28. The van der Waals surface area contributed by atoms with Crippen LogP contribution in [0.15, 0.2) is 75.2 Å². The van der Waals surface area contributed by atoms with Crippen molar-refractivity contribution >= 4 is 27.7 Å². The molecule has 0 saturated heterocycles. The molecule has 0 bridgehead atoms. The Morgan fingerprint density at radius 1 is 1.04 bits per heavy atom. The van der Waals surface area contributed by atoms with Crippen molar-refractivity contribution in [2.45, 2.75) is 10.1 Å². The van der Waals surface area contributed by atoms with Gasteiger partial charge in [-0.25, -0.2) is 8.42 Å². The van der Waals surface area contributed by atoms with Crippen LogP contribution in [-0.4, -0.2) is 30.6 Å². The lowest BCUT2D eigenvalue weighted by Gasteiger charge is -1.98. The molecule has 0 atom stereocenters. The van der Waals surface area contributed by atoms with E-state index >= 15 is 0 Å². The van der Waals surface area contributed by atoms with Crippen molar-refractivity contribution in [1.29, 1.82) is 0 Å². The Labute approximate surface area is 150 Å². The van der Waals surface area contributed by atoms with Crippen LogP contribution in [-0.2, 0) is 9.84 Å². The maximum Gasteiger partial charge on any atom is 0.277 e. The predicted octanol–water partition coefficient (Wildman–Crippen LogP) is 3.95. The predicted molar refractivity (Wildman–Crippen MR) is 99.0 cm³/mol. The molecule has 3 aromatic rings. The van der Waals surface area contributed by atoms with E-state index < -0.39 is 9.84 Å². The highest BCUT2D eigenvalue weighted by molar-refractivity contribution is 7.99. The molecular weight excluding hydrogens is 356 g/mol. The molecule has 7 heteroatoms. The minimum atomic E-state index is -3.21. The molecule has 0 saturated carbocycles. The molecule has 0 fully saturated rings. The highest BCUT2D eigenvalue weighted by atomic mass is 32.2. The Kier molecular flexibility index (Phi) is 5.35. The summed E-state index contributed by atoms with van der Waals surface area (Å²) in [6, 6.07) is 16.4. The quantitative estimate of drug-likeness (QED) is 0.610. The van der Waals surface area contributed by atoms with Gasteiger partial charge >= 0.3 is 0 Å². The molecule has 0 amide bonds. The Morgan fingerprint density at radius 2 is 1.76 bits per heavy atom. The Bertz CT molecular complexity index is 963. The van der Waals surface area contributed by atoms with Gasteiger partial charge in [0.15, 0.2) is 9.84 Å². The zero-order valence-electron chi connectivity index (χ0n) is 13.5. The van der Waals surface area contributed by atoms with E-state index in [2.05, 4.69) is 10.2 Å². The molecule has 128 valence electrons. The van der Waals surface area contributed by atoms with Crippen molar-refractivity contribution in [2.75, 3.05) is 12.0 Å². The average molecular weight is 372 g/mol. The van der Waals surface area contributed by atoms with Gasteiger partial charge in [-0.05, 0) is 29.8 Å². The summed E-state index contributed by atoms with van der Waals surface area (Å²) in [5, 5.41) is 8.48. The molecule has 5 nitrogen and oxygen atoms in total. The fraction of sp³-hybridized carbons (Fsp3) is 0.111. The van der Waals surface area contributed by atoms with E-state index in [1.807, 2.05) is 42.5 Å². The Balaban J connectivity index is 1.61. The zero-order chi connectivity index (χ0) is 17.7. The second kappa shape index (κ2) is 7.67. The summed E-state index contributed by atoms with van der Waals surface area (Å²) in [4.78, 5) is 0.261. The van der Waals surface area contributed by atoms with Gasteiger partial charge in [0.25, 0.3) is 5.22 Å². The van der Waals surface area contributed by atoms with Crippen LogP contribution in [0, 0.1) is 0 Å². The molecule has 1 aromatic heterocycles. The number of hydrogen-bond donors (Lipinski definition) is 0. The number of sulfone groups is 1. The van der Waals surface area contributed by atoms with Gasteiger partial charge in [0.05, 0.1) is 4.90 Å². The number of benzene rings is 2. The second-order valence-electron chi connectivity index (χ2n) is 5.29. The Morgan fingerprint density at radius 3 is 2.44 bits per heavy atom. The van der Waals surface area contributed by atoms with Crippen LogP contribution in [0.4, 0.5) is 0 Å².